The first-order valence-corrected chi connectivity index (χ1v) is 13.8. The summed E-state index contributed by atoms with van der Waals surface area (Å²) in [5.74, 6) is 0. The third kappa shape index (κ3) is 3.24. The summed E-state index contributed by atoms with van der Waals surface area (Å²) >= 11 is 1.88. The van der Waals surface area contributed by atoms with Gasteiger partial charge in [0.1, 0.15) is 0 Å². The van der Waals surface area contributed by atoms with Crippen LogP contribution in [0.15, 0.2) is 140 Å². The lowest BCUT2D eigenvalue weighted by molar-refractivity contribution is 1.18. The Labute approximate surface area is 224 Å². The second-order valence-corrected chi connectivity index (χ2v) is 10.9. The maximum Gasteiger partial charge on any atom is 0.0548 e. The summed E-state index contributed by atoms with van der Waals surface area (Å²) in [7, 11) is 0. The summed E-state index contributed by atoms with van der Waals surface area (Å²) in [5, 5.41) is 5.36. The van der Waals surface area contributed by atoms with Gasteiger partial charge in [-0.25, -0.2) is 0 Å². The molecule has 0 aliphatic heterocycles. The van der Waals surface area contributed by atoms with Gasteiger partial charge in [0.05, 0.1) is 11.0 Å². The van der Waals surface area contributed by atoms with Crippen molar-refractivity contribution in [1.29, 1.82) is 0 Å². The number of hydrogen-bond donors (Lipinski definition) is 0. The minimum atomic E-state index is 1.18. The van der Waals surface area contributed by atoms with Crippen LogP contribution >= 0.6 is 11.3 Å². The highest BCUT2D eigenvalue weighted by atomic mass is 32.1. The van der Waals surface area contributed by atoms with Crippen LogP contribution in [0.25, 0.3) is 69.9 Å². The van der Waals surface area contributed by atoms with Gasteiger partial charge in [-0.1, -0.05) is 103 Å². The topological polar surface area (TPSA) is 4.93 Å². The Morgan fingerprint density at radius 3 is 1.68 bits per heavy atom. The summed E-state index contributed by atoms with van der Waals surface area (Å²) in [6.45, 7) is 0. The van der Waals surface area contributed by atoms with Gasteiger partial charge in [0, 0.05) is 36.6 Å². The third-order valence-corrected chi connectivity index (χ3v) is 8.76. The fraction of sp³-hybridized carbons (Fsp3) is 0. The molecular formula is C36H23NS. The lowest BCUT2D eigenvalue weighted by Gasteiger charge is -2.10. The molecule has 2 heteroatoms. The van der Waals surface area contributed by atoms with Crippen molar-refractivity contribution in [2.75, 3.05) is 0 Å². The highest BCUT2D eigenvalue weighted by Crippen LogP contribution is 2.43. The molecule has 8 aromatic rings. The number of fused-ring (bicyclic) bond motifs is 7. The van der Waals surface area contributed by atoms with Crippen molar-refractivity contribution in [3.8, 4) is 27.9 Å². The highest BCUT2D eigenvalue weighted by Gasteiger charge is 2.17. The van der Waals surface area contributed by atoms with Crippen LogP contribution in [-0.2, 0) is 0 Å². The van der Waals surface area contributed by atoms with Crippen LogP contribution in [0.2, 0.25) is 0 Å². The Hall–Kier alpha value is -4.66. The Bertz CT molecular complexity index is 2090. The number of nitrogens with zero attached hydrogens (tertiary/aromatic N) is 1. The fourth-order valence-electron chi connectivity index (χ4n) is 5.84. The second kappa shape index (κ2) is 8.44. The predicted octanol–water partition coefficient (Wildman–Crippen LogP) is 10.5. The number of para-hydroxylation sites is 1. The summed E-state index contributed by atoms with van der Waals surface area (Å²) in [5.41, 5.74) is 8.61. The first-order chi connectivity index (χ1) is 18.8. The van der Waals surface area contributed by atoms with E-state index in [9.17, 15) is 0 Å². The zero-order valence-corrected chi connectivity index (χ0v) is 21.5. The van der Waals surface area contributed by atoms with Gasteiger partial charge in [-0.15, -0.1) is 11.3 Å². The SMILES string of the molecule is c1ccc(-c2ccc(-c3ccc(-n4c5ccccc5c5c6c(ccc54)sc4ccccc46)cc3)cc2)cc1. The lowest BCUT2D eigenvalue weighted by Crippen LogP contribution is -1.93. The molecule has 0 fully saturated rings. The minimum Gasteiger partial charge on any atom is -0.309 e. The lowest BCUT2D eigenvalue weighted by atomic mass is 10.0. The monoisotopic (exact) mass is 501 g/mol. The molecule has 0 saturated heterocycles. The van der Waals surface area contributed by atoms with Crippen LogP contribution < -0.4 is 0 Å². The van der Waals surface area contributed by atoms with Gasteiger partial charge in [0.2, 0.25) is 0 Å². The Morgan fingerprint density at radius 1 is 0.368 bits per heavy atom. The summed E-state index contributed by atoms with van der Waals surface area (Å²) < 4.78 is 5.10. The highest BCUT2D eigenvalue weighted by molar-refractivity contribution is 7.26. The standard InChI is InChI=1S/C36H23NS/c1-2-8-24(9-3-1)25-14-16-26(17-15-25)27-18-20-28(21-19-27)37-31-12-6-4-10-29(31)35-32(37)22-23-34-36(35)30-11-5-7-13-33(30)38-34/h1-23H. The molecule has 0 spiro atoms. The van der Waals surface area contributed by atoms with E-state index in [0.29, 0.717) is 0 Å². The van der Waals surface area contributed by atoms with Gasteiger partial charge in [0.25, 0.3) is 0 Å². The molecule has 0 radical (unpaired) electrons. The average molecular weight is 502 g/mol. The van der Waals surface area contributed by atoms with E-state index in [2.05, 4.69) is 144 Å². The molecule has 0 amide bonds. The van der Waals surface area contributed by atoms with Crippen molar-refractivity contribution >= 4 is 53.3 Å². The number of hydrogen-bond acceptors (Lipinski definition) is 1. The van der Waals surface area contributed by atoms with E-state index >= 15 is 0 Å². The molecule has 0 saturated carbocycles. The van der Waals surface area contributed by atoms with E-state index in [1.165, 1.54) is 69.9 Å². The molecule has 6 aromatic carbocycles. The van der Waals surface area contributed by atoms with Crippen LogP contribution in [0, 0.1) is 0 Å². The van der Waals surface area contributed by atoms with Gasteiger partial charge in [-0.05, 0) is 58.7 Å². The second-order valence-electron chi connectivity index (χ2n) is 9.77. The molecule has 2 aromatic heterocycles. The first kappa shape index (κ1) is 21.4. The van der Waals surface area contributed by atoms with Crippen molar-refractivity contribution in [2.24, 2.45) is 0 Å². The summed E-state index contributed by atoms with van der Waals surface area (Å²) in [6.07, 6.45) is 0. The smallest absolute Gasteiger partial charge is 0.0548 e. The van der Waals surface area contributed by atoms with Gasteiger partial charge in [-0.2, -0.15) is 0 Å². The Balaban J connectivity index is 1.27. The average Bonchev–Trinajstić information content (AvgIpc) is 3.53. The van der Waals surface area contributed by atoms with Crippen molar-refractivity contribution in [3.63, 3.8) is 0 Å². The van der Waals surface area contributed by atoms with Gasteiger partial charge in [0.15, 0.2) is 0 Å². The normalized spacial score (nSPS) is 11.7. The van der Waals surface area contributed by atoms with Gasteiger partial charge < -0.3 is 4.57 Å². The third-order valence-electron chi connectivity index (χ3n) is 7.63. The number of thiophene rings is 1. The van der Waals surface area contributed by atoms with Crippen molar-refractivity contribution in [2.45, 2.75) is 0 Å². The van der Waals surface area contributed by atoms with E-state index in [1.807, 2.05) is 11.3 Å². The molecule has 0 N–H and O–H groups in total. The molecule has 2 heterocycles. The summed E-state index contributed by atoms with van der Waals surface area (Å²) in [6, 6.07) is 50.6. The van der Waals surface area contributed by atoms with Crippen LogP contribution in [0.4, 0.5) is 0 Å². The van der Waals surface area contributed by atoms with Crippen molar-refractivity contribution < 1.29 is 0 Å². The van der Waals surface area contributed by atoms with Crippen LogP contribution in [0.5, 0.6) is 0 Å². The van der Waals surface area contributed by atoms with Crippen LogP contribution in [0.1, 0.15) is 0 Å². The molecule has 1 nitrogen and oxygen atoms in total. The Morgan fingerprint density at radius 2 is 0.947 bits per heavy atom. The molecule has 8 rings (SSSR count). The largest absolute Gasteiger partial charge is 0.309 e. The van der Waals surface area contributed by atoms with Crippen molar-refractivity contribution in [3.05, 3.63) is 140 Å². The fourth-order valence-corrected chi connectivity index (χ4v) is 6.96. The molecule has 0 bridgehead atoms. The van der Waals surface area contributed by atoms with Crippen LogP contribution in [0.3, 0.4) is 0 Å². The Kier molecular flexibility index (Phi) is 4.76. The van der Waals surface area contributed by atoms with E-state index in [1.54, 1.807) is 0 Å². The molecule has 0 aliphatic rings. The minimum absolute atomic E-state index is 1.18. The van der Waals surface area contributed by atoms with Crippen molar-refractivity contribution in [1.82, 2.24) is 4.57 Å². The predicted molar refractivity (Wildman–Crippen MR) is 165 cm³/mol. The maximum atomic E-state index is 2.42. The molecule has 0 atom stereocenters. The number of benzene rings is 6. The zero-order chi connectivity index (χ0) is 25.1. The molecular weight excluding hydrogens is 478 g/mol. The molecule has 178 valence electrons. The number of aromatic nitrogens is 1. The zero-order valence-electron chi connectivity index (χ0n) is 20.6. The molecule has 0 aliphatic carbocycles. The quantitative estimate of drug-likeness (QED) is 0.227. The molecule has 0 unspecified atom stereocenters. The van der Waals surface area contributed by atoms with E-state index in [4.69, 9.17) is 0 Å². The summed E-state index contributed by atoms with van der Waals surface area (Å²) in [4.78, 5) is 0. The van der Waals surface area contributed by atoms with E-state index in [0.717, 1.165) is 0 Å². The first-order valence-electron chi connectivity index (χ1n) is 12.9. The van der Waals surface area contributed by atoms with Crippen LogP contribution in [-0.4, -0.2) is 4.57 Å². The van der Waals surface area contributed by atoms with E-state index in [-0.39, 0.29) is 0 Å². The van der Waals surface area contributed by atoms with Gasteiger partial charge in [-0.3, -0.25) is 0 Å². The number of rotatable bonds is 3. The maximum absolute atomic E-state index is 2.42. The molecule has 38 heavy (non-hydrogen) atoms. The van der Waals surface area contributed by atoms with E-state index < -0.39 is 0 Å². The van der Waals surface area contributed by atoms with Gasteiger partial charge >= 0.3 is 0 Å².